The molecule has 0 bridgehead atoms. The standard InChI is InChI=1S/C12H15NO3/c1-12(2)9(10(12)11(14)15)7-4-5-8(16-3)13-6-7/h4-6,9-10H,1-3H3,(H,14,15)/t9-,10+/m0/s1. The van der Waals surface area contributed by atoms with Crippen molar-refractivity contribution in [1.29, 1.82) is 0 Å². The summed E-state index contributed by atoms with van der Waals surface area (Å²) in [5.41, 5.74) is 0.792. The second-order valence-corrected chi connectivity index (χ2v) is 4.75. The highest BCUT2D eigenvalue weighted by atomic mass is 16.5. The molecule has 1 fully saturated rings. The van der Waals surface area contributed by atoms with E-state index in [9.17, 15) is 4.79 Å². The summed E-state index contributed by atoms with van der Waals surface area (Å²) in [4.78, 5) is 15.1. The maximum atomic E-state index is 11.0. The van der Waals surface area contributed by atoms with Gasteiger partial charge in [-0.15, -0.1) is 0 Å². The van der Waals surface area contributed by atoms with E-state index in [2.05, 4.69) is 4.98 Å². The number of carbonyl (C=O) groups is 1. The third kappa shape index (κ3) is 1.54. The summed E-state index contributed by atoms with van der Waals surface area (Å²) >= 11 is 0. The summed E-state index contributed by atoms with van der Waals surface area (Å²) in [6.45, 7) is 3.95. The lowest BCUT2D eigenvalue weighted by Crippen LogP contribution is -2.03. The Morgan fingerprint density at radius 2 is 2.19 bits per heavy atom. The number of aromatic nitrogens is 1. The van der Waals surface area contributed by atoms with Gasteiger partial charge in [-0.3, -0.25) is 4.79 Å². The van der Waals surface area contributed by atoms with Crippen molar-refractivity contribution in [3.05, 3.63) is 23.9 Å². The Hall–Kier alpha value is -1.58. The Morgan fingerprint density at radius 3 is 2.56 bits per heavy atom. The highest BCUT2D eigenvalue weighted by Gasteiger charge is 2.62. The van der Waals surface area contributed by atoms with Crippen LogP contribution in [0.1, 0.15) is 25.3 Å². The molecule has 1 aliphatic carbocycles. The third-order valence-electron chi connectivity index (χ3n) is 3.42. The molecular formula is C12H15NO3. The summed E-state index contributed by atoms with van der Waals surface area (Å²) in [6.07, 6.45) is 1.70. The van der Waals surface area contributed by atoms with Gasteiger partial charge in [0.15, 0.2) is 0 Å². The van der Waals surface area contributed by atoms with Gasteiger partial charge in [0.05, 0.1) is 13.0 Å². The van der Waals surface area contributed by atoms with Crippen LogP contribution in [0.15, 0.2) is 18.3 Å². The van der Waals surface area contributed by atoms with Crippen LogP contribution in [0.5, 0.6) is 5.88 Å². The lowest BCUT2D eigenvalue weighted by atomic mass is 10.1. The number of carboxylic acids is 1. The van der Waals surface area contributed by atoms with Gasteiger partial charge >= 0.3 is 5.97 Å². The molecule has 16 heavy (non-hydrogen) atoms. The molecule has 1 saturated carbocycles. The molecule has 0 aromatic carbocycles. The fourth-order valence-electron chi connectivity index (χ4n) is 2.42. The first-order valence-corrected chi connectivity index (χ1v) is 5.21. The lowest BCUT2D eigenvalue weighted by molar-refractivity contribution is -0.139. The minimum Gasteiger partial charge on any atom is -0.481 e. The number of ether oxygens (including phenoxy) is 1. The number of rotatable bonds is 3. The molecular weight excluding hydrogens is 206 g/mol. The molecule has 4 nitrogen and oxygen atoms in total. The van der Waals surface area contributed by atoms with E-state index >= 15 is 0 Å². The summed E-state index contributed by atoms with van der Waals surface area (Å²) in [7, 11) is 1.56. The minimum atomic E-state index is -0.731. The van der Waals surface area contributed by atoms with Crippen LogP contribution in [0, 0.1) is 11.3 Å². The van der Waals surface area contributed by atoms with Crippen LogP contribution < -0.4 is 4.74 Å². The first kappa shape index (κ1) is 10.9. The fraction of sp³-hybridized carbons (Fsp3) is 0.500. The molecule has 2 atom stereocenters. The van der Waals surface area contributed by atoms with Gasteiger partial charge in [-0.05, 0) is 11.0 Å². The topological polar surface area (TPSA) is 59.4 Å². The Bertz CT molecular complexity index is 411. The van der Waals surface area contributed by atoms with E-state index in [-0.39, 0.29) is 17.3 Å². The van der Waals surface area contributed by atoms with E-state index in [1.807, 2.05) is 19.9 Å². The smallest absolute Gasteiger partial charge is 0.307 e. The number of nitrogens with zero attached hydrogens (tertiary/aromatic N) is 1. The van der Waals surface area contributed by atoms with E-state index < -0.39 is 5.97 Å². The molecule has 1 aromatic rings. The molecule has 0 saturated heterocycles. The van der Waals surface area contributed by atoms with Gasteiger partial charge in [0.1, 0.15) is 0 Å². The molecule has 0 radical (unpaired) electrons. The maximum Gasteiger partial charge on any atom is 0.307 e. The van der Waals surface area contributed by atoms with Gasteiger partial charge in [0.25, 0.3) is 0 Å². The number of aliphatic carboxylic acids is 1. The predicted molar refractivity (Wildman–Crippen MR) is 58.4 cm³/mol. The van der Waals surface area contributed by atoms with Crippen LogP contribution >= 0.6 is 0 Å². The van der Waals surface area contributed by atoms with Gasteiger partial charge in [-0.2, -0.15) is 0 Å². The van der Waals surface area contributed by atoms with Crippen molar-refractivity contribution in [1.82, 2.24) is 4.98 Å². The fourth-order valence-corrected chi connectivity index (χ4v) is 2.42. The van der Waals surface area contributed by atoms with Crippen molar-refractivity contribution >= 4 is 5.97 Å². The molecule has 0 aliphatic heterocycles. The average Bonchev–Trinajstić information content (AvgIpc) is 2.82. The molecule has 1 heterocycles. The quantitative estimate of drug-likeness (QED) is 0.847. The Labute approximate surface area is 94.3 Å². The lowest BCUT2D eigenvalue weighted by Gasteiger charge is -2.03. The van der Waals surface area contributed by atoms with Crippen LogP contribution in [0.4, 0.5) is 0 Å². The van der Waals surface area contributed by atoms with Gasteiger partial charge in [-0.25, -0.2) is 4.98 Å². The van der Waals surface area contributed by atoms with Gasteiger partial charge < -0.3 is 9.84 Å². The summed E-state index contributed by atoms with van der Waals surface area (Å²) < 4.78 is 4.97. The van der Waals surface area contributed by atoms with Crippen molar-refractivity contribution in [3.63, 3.8) is 0 Å². The van der Waals surface area contributed by atoms with Crippen LogP contribution in [-0.4, -0.2) is 23.2 Å². The predicted octanol–water partition coefficient (Wildman–Crippen LogP) is 1.91. The molecule has 1 aliphatic rings. The number of methoxy groups -OCH3 is 1. The molecule has 0 amide bonds. The van der Waals surface area contributed by atoms with E-state index in [1.165, 1.54) is 0 Å². The number of hydrogen-bond acceptors (Lipinski definition) is 3. The van der Waals surface area contributed by atoms with Crippen LogP contribution in [0.25, 0.3) is 0 Å². The largest absolute Gasteiger partial charge is 0.481 e. The van der Waals surface area contributed by atoms with E-state index in [1.54, 1.807) is 19.4 Å². The molecule has 1 N–H and O–H groups in total. The first-order valence-electron chi connectivity index (χ1n) is 5.21. The number of carboxylic acid groups (broad SMARTS) is 1. The first-order chi connectivity index (χ1) is 7.48. The van der Waals surface area contributed by atoms with Crippen molar-refractivity contribution in [2.45, 2.75) is 19.8 Å². The van der Waals surface area contributed by atoms with Crippen molar-refractivity contribution in [3.8, 4) is 5.88 Å². The Balaban J connectivity index is 2.23. The Morgan fingerprint density at radius 1 is 1.50 bits per heavy atom. The second kappa shape index (κ2) is 3.47. The zero-order valence-electron chi connectivity index (χ0n) is 9.60. The van der Waals surface area contributed by atoms with Crippen LogP contribution in [0.2, 0.25) is 0 Å². The Kier molecular flexibility index (Phi) is 2.37. The van der Waals surface area contributed by atoms with Gasteiger partial charge in [0.2, 0.25) is 5.88 Å². The molecule has 4 heteroatoms. The highest BCUT2D eigenvalue weighted by Crippen LogP contribution is 2.64. The highest BCUT2D eigenvalue weighted by molar-refractivity contribution is 5.77. The molecule has 1 aromatic heterocycles. The van der Waals surface area contributed by atoms with Crippen LogP contribution in [-0.2, 0) is 4.79 Å². The van der Waals surface area contributed by atoms with Crippen molar-refractivity contribution < 1.29 is 14.6 Å². The monoisotopic (exact) mass is 221 g/mol. The molecule has 0 unspecified atom stereocenters. The zero-order chi connectivity index (χ0) is 11.9. The van der Waals surface area contributed by atoms with E-state index in [4.69, 9.17) is 9.84 Å². The number of pyridine rings is 1. The zero-order valence-corrected chi connectivity index (χ0v) is 9.60. The normalized spacial score (nSPS) is 26.2. The SMILES string of the molecule is COc1ccc([C@H]2[C@H](C(=O)O)C2(C)C)cn1. The van der Waals surface area contributed by atoms with Crippen LogP contribution in [0.3, 0.4) is 0 Å². The maximum absolute atomic E-state index is 11.0. The van der Waals surface area contributed by atoms with Gasteiger partial charge in [0, 0.05) is 18.2 Å². The van der Waals surface area contributed by atoms with E-state index in [0.717, 1.165) is 5.56 Å². The van der Waals surface area contributed by atoms with Crippen molar-refractivity contribution in [2.75, 3.05) is 7.11 Å². The third-order valence-corrected chi connectivity index (χ3v) is 3.42. The molecule has 2 rings (SSSR count). The van der Waals surface area contributed by atoms with E-state index in [0.29, 0.717) is 5.88 Å². The summed E-state index contributed by atoms with van der Waals surface area (Å²) in [5, 5.41) is 9.08. The van der Waals surface area contributed by atoms with Crippen molar-refractivity contribution in [2.24, 2.45) is 11.3 Å². The molecule has 86 valence electrons. The van der Waals surface area contributed by atoms with Gasteiger partial charge in [-0.1, -0.05) is 19.9 Å². The summed E-state index contributed by atoms with van der Waals surface area (Å²) in [5.74, 6) is -0.425. The number of hydrogen-bond donors (Lipinski definition) is 1. The molecule has 0 spiro atoms. The average molecular weight is 221 g/mol. The summed E-state index contributed by atoms with van der Waals surface area (Å²) in [6, 6.07) is 3.66. The second-order valence-electron chi connectivity index (χ2n) is 4.75. The minimum absolute atomic E-state index is 0.0587.